The van der Waals surface area contributed by atoms with Gasteiger partial charge >= 0.3 is 5.97 Å². The van der Waals surface area contributed by atoms with Gasteiger partial charge in [0.25, 0.3) is 0 Å². The number of hydrogen-bond donors (Lipinski definition) is 0. The van der Waals surface area contributed by atoms with Crippen LogP contribution in [-0.4, -0.2) is 39.6 Å². The third-order valence-corrected chi connectivity index (χ3v) is 4.99. The summed E-state index contributed by atoms with van der Waals surface area (Å²) < 4.78 is 33.2. The van der Waals surface area contributed by atoms with E-state index in [9.17, 15) is 18.0 Å². The highest BCUT2D eigenvalue weighted by molar-refractivity contribution is 7.90. The lowest BCUT2D eigenvalue weighted by molar-refractivity contribution is 0.0474. The van der Waals surface area contributed by atoms with Gasteiger partial charge in [-0.05, 0) is 48.0 Å². The summed E-state index contributed by atoms with van der Waals surface area (Å²) in [6.45, 7) is 0.220. The summed E-state index contributed by atoms with van der Waals surface area (Å²) in [6, 6.07) is 10.5. The first kappa shape index (κ1) is 17.2. The van der Waals surface area contributed by atoms with Crippen molar-refractivity contribution in [2.24, 2.45) is 0 Å². The fourth-order valence-corrected chi connectivity index (χ4v) is 3.13. The van der Waals surface area contributed by atoms with Crippen LogP contribution in [0.1, 0.15) is 26.3 Å². The Morgan fingerprint density at radius 3 is 2.44 bits per heavy atom. The molecule has 0 radical (unpaired) electrons. The summed E-state index contributed by atoms with van der Waals surface area (Å²) in [5, 5.41) is 0. The van der Waals surface area contributed by atoms with Crippen molar-refractivity contribution in [1.29, 1.82) is 0 Å². The molecule has 0 amide bonds. The lowest BCUT2D eigenvalue weighted by Gasteiger charge is -2.06. The van der Waals surface area contributed by atoms with Gasteiger partial charge in [-0.25, -0.2) is 13.2 Å². The predicted octanol–water partition coefficient (Wildman–Crippen LogP) is 2.06. The number of ketones is 1. The van der Waals surface area contributed by atoms with E-state index in [0.717, 1.165) is 24.0 Å². The van der Waals surface area contributed by atoms with Crippen LogP contribution in [0.15, 0.2) is 47.4 Å². The van der Waals surface area contributed by atoms with Gasteiger partial charge in [0.15, 0.2) is 22.2 Å². The minimum atomic E-state index is -3.33. The van der Waals surface area contributed by atoms with Gasteiger partial charge in [0.1, 0.15) is 5.75 Å². The Balaban J connectivity index is 1.63. The molecular formula is C18H16O6S. The Bertz CT molecular complexity index is 929. The first-order valence-electron chi connectivity index (χ1n) is 7.61. The zero-order valence-corrected chi connectivity index (χ0v) is 14.3. The number of carbonyl (C=O) groups is 2. The quantitative estimate of drug-likeness (QED) is 0.599. The highest BCUT2D eigenvalue weighted by Gasteiger charge is 2.17. The van der Waals surface area contributed by atoms with E-state index in [0.29, 0.717) is 12.2 Å². The number of rotatable bonds is 5. The van der Waals surface area contributed by atoms with Crippen LogP contribution in [0, 0.1) is 0 Å². The number of esters is 1. The van der Waals surface area contributed by atoms with Crippen LogP contribution in [0.5, 0.6) is 5.75 Å². The van der Waals surface area contributed by atoms with E-state index in [-0.39, 0.29) is 22.8 Å². The van der Waals surface area contributed by atoms with E-state index in [1.165, 1.54) is 24.3 Å². The highest BCUT2D eigenvalue weighted by atomic mass is 32.2. The molecule has 0 spiro atoms. The van der Waals surface area contributed by atoms with Crippen molar-refractivity contribution in [1.82, 2.24) is 0 Å². The maximum atomic E-state index is 12.2. The molecule has 2 aromatic rings. The molecule has 0 saturated heterocycles. The van der Waals surface area contributed by atoms with E-state index < -0.39 is 15.8 Å². The molecule has 6 nitrogen and oxygen atoms in total. The Morgan fingerprint density at radius 1 is 1.08 bits per heavy atom. The van der Waals surface area contributed by atoms with Crippen molar-refractivity contribution in [2.75, 3.05) is 19.5 Å². The van der Waals surface area contributed by atoms with Crippen molar-refractivity contribution < 1.29 is 27.5 Å². The molecule has 0 aliphatic carbocycles. The van der Waals surface area contributed by atoms with E-state index in [1.807, 2.05) is 0 Å². The van der Waals surface area contributed by atoms with Gasteiger partial charge in [-0.2, -0.15) is 0 Å². The molecule has 1 aliphatic rings. The maximum absolute atomic E-state index is 12.2. The van der Waals surface area contributed by atoms with Crippen molar-refractivity contribution >= 4 is 21.6 Å². The van der Waals surface area contributed by atoms with Crippen LogP contribution in [0.3, 0.4) is 0 Å². The van der Waals surface area contributed by atoms with Gasteiger partial charge in [0.2, 0.25) is 0 Å². The second kappa shape index (κ2) is 6.68. The lowest BCUT2D eigenvalue weighted by atomic mass is 10.1. The van der Waals surface area contributed by atoms with Crippen LogP contribution in [0.25, 0.3) is 0 Å². The average molecular weight is 360 g/mol. The topological polar surface area (TPSA) is 86.7 Å². The molecule has 1 aliphatic heterocycles. The van der Waals surface area contributed by atoms with E-state index >= 15 is 0 Å². The zero-order valence-electron chi connectivity index (χ0n) is 13.5. The molecule has 130 valence electrons. The number of carbonyl (C=O) groups excluding carboxylic acids is 2. The normalized spacial score (nSPS) is 13.0. The molecule has 0 aromatic heterocycles. The summed E-state index contributed by atoms with van der Waals surface area (Å²) in [5.74, 6) is -0.215. The minimum absolute atomic E-state index is 0.112. The number of fused-ring (bicyclic) bond motifs is 1. The molecule has 0 atom stereocenters. The second-order valence-electron chi connectivity index (χ2n) is 5.72. The average Bonchev–Trinajstić information content (AvgIpc) is 3.06. The maximum Gasteiger partial charge on any atom is 0.338 e. The highest BCUT2D eigenvalue weighted by Crippen LogP contribution is 2.26. The molecule has 0 N–H and O–H groups in total. The van der Waals surface area contributed by atoms with Crippen molar-refractivity contribution in [3.05, 3.63) is 59.2 Å². The minimum Gasteiger partial charge on any atom is -0.493 e. The fourth-order valence-electron chi connectivity index (χ4n) is 2.50. The number of Topliss-reactive ketones (excluding diaryl/α,β-unsaturated/α-hetero) is 1. The molecule has 0 saturated carbocycles. The molecule has 0 fully saturated rings. The number of benzene rings is 2. The van der Waals surface area contributed by atoms with Crippen molar-refractivity contribution in [2.45, 2.75) is 11.3 Å². The summed E-state index contributed by atoms with van der Waals surface area (Å²) in [4.78, 5) is 24.3. The van der Waals surface area contributed by atoms with E-state index in [2.05, 4.69) is 0 Å². The fraction of sp³-hybridized carbons (Fsp3) is 0.222. The first-order valence-corrected chi connectivity index (χ1v) is 9.50. The smallest absolute Gasteiger partial charge is 0.338 e. The molecular weight excluding hydrogens is 344 g/mol. The van der Waals surface area contributed by atoms with Gasteiger partial charge in [-0.15, -0.1) is 0 Å². The molecule has 0 bridgehead atoms. The number of sulfone groups is 1. The molecule has 2 aromatic carbocycles. The van der Waals surface area contributed by atoms with Gasteiger partial charge < -0.3 is 9.47 Å². The lowest BCUT2D eigenvalue weighted by Crippen LogP contribution is -2.14. The third-order valence-electron chi connectivity index (χ3n) is 3.86. The first-order chi connectivity index (χ1) is 11.8. The van der Waals surface area contributed by atoms with Gasteiger partial charge in [0, 0.05) is 18.2 Å². The molecule has 1 heterocycles. The SMILES string of the molecule is CS(=O)(=O)c1ccc(C(=O)OCC(=O)c2ccc3c(c2)CCO3)cc1. The summed E-state index contributed by atoms with van der Waals surface area (Å²) in [7, 11) is -3.33. The van der Waals surface area contributed by atoms with Crippen LogP contribution in [-0.2, 0) is 21.0 Å². The molecule has 25 heavy (non-hydrogen) atoms. The van der Waals surface area contributed by atoms with E-state index in [1.54, 1.807) is 18.2 Å². The Kier molecular flexibility index (Phi) is 4.59. The Labute approximate surface area is 145 Å². The monoisotopic (exact) mass is 360 g/mol. The third kappa shape index (κ3) is 3.88. The summed E-state index contributed by atoms with van der Waals surface area (Å²) >= 11 is 0. The summed E-state index contributed by atoms with van der Waals surface area (Å²) in [6.07, 6.45) is 1.84. The van der Waals surface area contributed by atoms with Crippen LogP contribution < -0.4 is 4.74 Å². The number of ether oxygens (including phenoxy) is 2. The van der Waals surface area contributed by atoms with Gasteiger partial charge in [0.05, 0.1) is 17.1 Å². The van der Waals surface area contributed by atoms with E-state index in [4.69, 9.17) is 9.47 Å². The molecule has 3 rings (SSSR count). The Morgan fingerprint density at radius 2 is 1.76 bits per heavy atom. The second-order valence-corrected chi connectivity index (χ2v) is 7.73. The van der Waals surface area contributed by atoms with Crippen LogP contribution >= 0.6 is 0 Å². The largest absolute Gasteiger partial charge is 0.493 e. The molecule has 7 heteroatoms. The number of hydrogen-bond acceptors (Lipinski definition) is 6. The van der Waals surface area contributed by atoms with Crippen molar-refractivity contribution in [3.8, 4) is 5.75 Å². The zero-order chi connectivity index (χ0) is 18.0. The van der Waals surface area contributed by atoms with Gasteiger partial charge in [-0.1, -0.05) is 0 Å². The van der Waals surface area contributed by atoms with Gasteiger partial charge in [-0.3, -0.25) is 4.79 Å². The predicted molar refractivity (Wildman–Crippen MR) is 89.8 cm³/mol. The summed E-state index contributed by atoms with van der Waals surface area (Å²) in [5.41, 5.74) is 1.61. The Hall–Kier alpha value is -2.67. The van der Waals surface area contributed by atoms with Crippen LogP contribution in [0.4, 0.5) is 0 Å². The van der Waals surface area contributed by atoms with Crippen molar-refractivity contribution in [3.63, 3.8) is 0 Å². The standard InChI is InChI=1S/C18H16O6S/c1-25(21,22)15-5-2-12(3-6-15)18(20)24-11-16(19)13-4-7-17-14(10-13)8-9-23-17/h2-7,10H,8-9,11H2,1H3. The molecule has 0 unspecified atom stereocenters. The van der Waals surface area contributed by atoms with Crippen LogP contribution in [0.2, 0.25) is 0 Å².